The summed E-state index contributed by atoms with van der Waals surface area (Å²) >= 11 is 0. The van der Waals surface area contributed by atoms with E-state index in [4.69, 9.17) is 9.73 Å². The zero-order valence-corrected chi connectivity index (χ0v) is 20.7. The van der Waals surface area contributed by atoms with Gasteiger partial charge in [-0.1, -0.05) is 26.0 Å². The molecular weight excluding hydrogens is 465 g/mol. The third-order valence-corrected chi connectivity index (χ3v) is 4.74. The van der Waals surface area contributed by atoms with Crippen molar-refractivity contribution in [3.8, 4) is 5.75 Å². The zero-order chi connectivity index (χ0) is 19.9. The van der Waals surface area contributed by atoms with Gasteiger partial charge in [-0.05, 0) is 38.6 Å². The number of hydrogen-bond acceptors (Lipinski definition) is 4. The van der Waals surface area contributed by atoms with Gasteiger partial charge in [-0.25, -0.2) is 0 Å². The number of ether oxygens (including phenoxy) is 1. The molecule has 2 rings (SSSR count). The molecule has 1 aliphatic rings. The predicted octanol–water partition coefficient (Wildman–Crippen LogP) is 2.99. The summed E-state index contributed by atoms with van der Waals surface area (Å²) in [5, 5.41) is 3.47. The van der Waals surface area contributed by atoms with Crippen molar-refractivity contribution in [2.24, 2.45) is 10.4 Å². The molecule has 0 amide bonds. The minimum absolute atomic E-state index is 0. The van der Waals surface area contributed by atoms with Crippen molar-refractivity contribution in [1.29, 1.82) is 0 Å². The van der Waals surface area contributed by atoms with E-state index < -0.39 is 0 Å². The summed E-state index contributed by atoms with van der Waals surface area (Å²) in [5.41, 5.74) is 1.33. The number of rotatable bonds is 7. The standard InChI is InChI=1S/C21H37N5O.HI/c1-7-22-20(23-16-21(2,3)17-24(4)5)26-14-12-25(13-15-26)18-10-8-9-11-19(18)27-6;/h8-11H,7,12-17H2,1-6H3,(H,22,23);1H. The Bertz CT molecular complexity index is 613. The van der Waals surface area contributed by atoms with Gasteiger partial charge in [-0.15, -0.1) is 24.0 Å². The number of nitrogens with zero attached hydrogens (tertiary/aromatic N) is 4. The van der Waals surface area contributed by atoms with Crippen molar-refractivity contribution in [3.63, 3.8) is 0 Å². The topological polar surface area (TPSA) is 43.3 Å². The molecule has 1 aliphatic heterocycles. The van der Waals surface area contributed by atoms with Crippen LogP contribution in [0, 0.1) is 5.41 Å². The van der Waals surface area contributed by atoms with Gasteiger partial charge >= 0.3 is 0 Å². The molecule has 160 valence electrons. The quantitative estimate of drug-likeness (QED) is 0.352. The first-order valence-corrected chi connectivity index (χ1v) is 9.92. The van der Waals surface area contributed by atoms with Gasteiger partial charge in [0.2, 0.25) is 0 Å². The van der Waals surface area contributed by atoms with E-state index >= 15 is 0 Å². The molecule has 1 saturated heterocycles. The Morgan fingerprint density at radius 2 is 1.82 bits per heavy atom. The maximum absolute atomic E-state index is 5.52. The van der Waals surface area contributed by atoms with Gasteiger partial charge in [0, 0.05) is 45.8 Å². The monoisotopic (exact) mass is 503 g/mol. The second-order valence-electron chi connectivity index (χ2n) is 8.22. The molecule has 0 radical (unpaired) electrons. The minimum atomic E-state index is 0. The van der Waals surface area contributed by atoms with Crippen molar-refractivity contribution in [1.82, 2.24) is 15.1 Å². The van der Waals surface area contributed by atoms with E-state index in [1.165, 1.54) is 5.69 Å². The van der Waals surface area contributed by atoms with Gasteiger partial charge in [0.1, 0.15) is 5.75 Å². The fourth-order valence-corrected chi connectivity index (χ4v) is 3.67. The summed E-state index contributed by atoms with van der Waals surface area (Å²) in [6.07, 6.45) is 0. The Kier molecular flexibility index (Phi) is 10.4. The van der Waals surface area contributed by atoms with E-state index in [-0.39, 0.29) is 29.4 Å². The molecule has 0 bridgehead atoms. The molecule has 7 heteroatoms. The van der Waals surface area contributed by atoms with Crippen LogP contribution < -0.4 is 15.0 Å². The van der Waals surface area contributed by atoms with Crippen LogP contribution in [0.15, 0.2) is 29.3 Å². The van der Waals surface area contributed by atoms with Crippen molar-refractivity contribution < 1.29 is 4.74 Å². The molecule has 1 N–H and O–H groups in total. The van der Waals surface area contributed by atoms with Crippen LogP contribution in [0.5, 0.6) is 5.75 Å². The van der Waals surface area contributed by atoms with Crippen LogP contribution in [-0.4, -0.2) is 82.8 Å². The van der Waals surface area contributed by atoms with Gasteiger partial charge < -0.3 is 24.8 Å². The lowest BCUT2D eigenvalue weighted by molar-refractivity contribution is 0.247. The van der Waals surface area contributed by atoms with Gasteiger partial charge in [0.25, 0.3) is 0 Å². The number of para-hydroxylation sites is 2. The average Bonchev–Trinajstić information content (AvgIpc) is 2.64. The zero-order valence-electron chi connectivity index (χ0n) is 18.4. The van der Waals surface area contributed by atoms with Crippen LogP contribution in [-0.2, 0) is 0 Å². The van der Waals surface area contributed by atoms with Crippen molar-refractivity contribution in [3.05, 3.63) is 24.3 Å². The number of methoxy groups -OCH3 is 1. The molecule has 0 aromatic heterocycles. The fourth-order valence-electron chi connectivity index (χ4n) is 3.67. The highest BCUT2D eigenvalue weighted by Gasteiger charge is 2.23. The van der Waals surface area contributed by atoms with E-state index in [9.17, 15) is 0 Å². The van der Waals surface area contributed by atoms with E-state index in [1.54, 1.807) is 7.11 Å². The lowest BCUT2D eigenvalue weighted by atomic mass is 9.93. The van der Waals surface area contributed by atoms with E-state index in [0.717, 1.165) is 57.5 Å². The van der Waals surface area contributed by atoms with E-state index in [2.05, 4.69) is 67.0 Å². The summed E-state index contributed by atoms with van der Waals surface area (Å²) < 4.78 is 5.52. The lowest BCUT2D eigenvalue weighted by Crippen LogP contribution is -2.53. The first-order chi connectivity index (χ1) is 12.9. The molecule has 0 aliphatic carbocycles. The number of anilines is 1. The molecule has 0 saturated carbocycles. The van der Waals surface area contributed by atoms with Crippen molar-refractivity contribution in [2.45, 2.75) is 20.8 Å². The van der Waals surface area contributed by atoms with Crippen LogP contribution >= 0.6 is 24.0 Å². The van der Waals surface area contributed by atoms with Crippen LogP contribution in [0.1, 0.15) is 20.8 Å². The number of nitrogens with one attached hydrogen (secondary N) is 1. The molecule has 6 nitrogen and oxygen atoms in total. The first-order valence-electron chi connectivity index (χ1n) is 9.92. The molecule has 1 heterocycles. The largest absolute Gasteiger partial charge is 0.495 e. The molecule has 0 atom stereocenters. The number of hydrogen-bond donors (Lipinski definition) is 1. The summed E-state index contributed by atoms with van der Waals surface area (Å²) in [4.78, 5) is 12.0. The number of guanidine groups is 1. The Hall–Kier alpha value is -1.22. The first kappa shape index (κ1) is 24.8. The predicted molar refractivity (Wildman–Crippen MR) is 131 cm³/mol. The molecule has 1 aromatic rings. The number of aliphatic imine (C=N–C) groups is 1. The minimum Gasteiger partial charge on any atom is -0.495 e. The SMILES string of the molecule is CCNC(=NCC(C)(C)CN(C)C)N1CCN(c2ccccc2OC)CC1.I. The highest BCUT2D eigenvalue weighted by Crippen LogP contribution is 2.28. The highest BCUT2D eigenvalue weighted by molar-refractivity contribution is 14.0. The van der Waals surface area contributed by atoms with Crippen molar-refractivity contribution >= 4 is 35.6 Å². The molecule has 0 unspecified atom stereocenters. The Morgan fingerprint density at radius 1 is 1.18 bits per heavy atom. The molecule has 1 aromatic carbocycles. The molecule has 1 fully saturated rings. The van der Waals surface area contributed by atoms with Crippen LogP contribution in [0.4, 0.5) is 5.69 Å². The third kappa shape index (κ3) is 7.31. The Labute approximate surface area is 188 Å². The summed E-state index contributed by atoms with van der Waals surface area (Å²) in [6, 6.07) is 8.25. The Balaban J connectivity index is 0.00000392. The molecular formula is C21H38IN5O. The molecule has 28 heavy (non-hydrogen) atoms. The summed E-state index contributed by atoms with van der Waals surface area (Å²) in [6.45, 7) is 13.3. The van der Waals surface area contributed by atoms with Crippen molar-refractivity contribution in [2.75, 3.05) is 71.9 Å². The maximum Gasteiger partial charge on any atom is 0.194 e. The maximum atomic E-state index is 5.52. The average molecular weight is 503 g/mol. The van der Waals surface area contributed by atoms with Gasteiger partial charge in [0.15, 0.2) is 5.96 Å². The smallest absolute Gasteiger partial charge is 0.194 e. The van der Waals surface area contributed by atoms with E-state index in [0.29, 0.717) is 0 Å². The number of benzene rings is 1. The van der Waals surface area contributed by atoms with Gasteiger partial charge in [-0.3, -0.25) is 4.99 Å². The normalized spacial score (nSPS) is 15.5. The number of piperazine rings is 1. The fraction of sp³-hybridized carbons (Fsp3) is 0.667. The summed E-state index contributed by atoms with van der Waals surface area (Å²) in [5.74, 6) is 1.97. The molecule has 0 spiro atoms. The van der Waals surface area contributed by atoms with Crippen LogP contribution in [0.3, 0.4) is 0 Å². The Morgan fingerprint density at radius 3 is 2.39 bits per heavy atom. The van der Waals surface area contributed by atoms with Crippen LogP contribution in [0.25, 0.3) is 0 Å². The second kappa shape index (κ2) is 11.7. The van der Waals surface area contributed by atoms with E-state index in [1.807, 2.05) is 12.1 Å². The summed E-state index contributed by atoms with van der Waals surface area (Å²) in [7, 11) is 5.97. The number of halogens is 1. The third-order valence-electron chi connectivity index (χ3n) is 4.74. The highest BCUT2D eigenvalue weighted by atomic mass is 127. The van der Waals surface area contributed by atoms with Crippen LogP contribution in [0.2, 0.25) is 0 Å². The second-order valence-corrected chi connectivity index (χ2v) is 8.22. The van der Waals surface area contributed by atoms with Gasteiger partial charge in [-0.2, -0.15) is 0 Å². The van der Waals surface area contributed by atoms with Gasteiger partial charge in [0.05, 0.1) is 12.8 Å². The lowest BCUT2D eigenvalue weighted by Gasteiger charge is -2.38.